The number of fused-ring (bicyclic) bond motifs is 1. The fraction of sp³-hybridized carbons (Fsp3) is 0.500. The summed E-state index contributed by atoms with van der Waals surface area (Å²) in [6, 6.07) is 6.45. The molecule has 0 N–H and O–H groups in total. The van der Waals surface area contributed by atoms with Crippen LogP contribution in [0.4, 0.5) is 0 Å². The van der Waals surface area contributed by atoms with Crippen LogP contribution in [0.5, 0.6) is 0 Å². The van der Waals surface area contributed by atoms with Crippen molar-refractivity contribution in [2.75, 3.05) is 13.6 Å². The Morgan fingerprint density at radius 3 is 2.20 bits per heavy atom. The van der Waals surface area contributed by atoms with E-state index in [9.17, 15) is 0 Å². The summed E-state index contributed by atoms with van der Waals surface area (Å²) >= 11 is 0. The molecule has 2 rings (SSSR count). The van der Waals surface area contributed by atoms with Gasteiger partial charge in [-0.3, -0.25) is 0 Å². The van der Waals surface area contributed by atoms with Crippen molar-refractivity contribution in [1.82, 2.24) is 4.58 Å². The van der Waals surface area contributed by atoms with Gasteiger partial charge in [0.2, 0.25) is 5.36 Å². The molecule has 0 unspecified atom stereocenters. The first-order valence-corrected chi connectivity index (χ1v) is 5.93. The molecule has 0 aromatic heterocycles. The zero-order valence-corrected chi connectivity index (χ0v) is 11.0. The smallest absolute Gasteiger partial charge is 0.207 e. The molecule has 1 aliphatic rings. The van der Waals surface area contributed by atoms with Crippen molar-refractivity contribution in [2.24, 2.45) is 0 Å². The van der Waals surface area contributed by atoms with Crippen LogP contribution in [0.2, 0.25) is 0 Å². The van der Waals surface area contributed by atoms with Gasteiger partial charge < -0.3 is 0 Å². The maximum atomic E-state index is 2.28. The highest BCUT2D eigenvalue weighted by molar-refractivity contribution is 5.33. The maximum absolute atomic E-state index is 2.28. The quantitative estimate of drug-likeness (QED) is 0.571. The standard InChI is InChI=1S/C10H12N.2C2H6/c1-8-4-3-5-10-9(8)6-7-11(10)2;2*1-2/h3-6H,7H2,1-2H3;2*1-2H3/q+1;;. The summed E-state index contributed by atoms with van der Waals surface area (Å²) in [5.41, 5.74) is 1.38. The van der Waals surface area contributed by atoms with E-state index < -0.39 is 0 Å². The Hall–Kier alpha value is -1.11. The van der Waals surface area contributed by atoms with E-state index in [-0.39, 0.29) is 0 Å². The van der Waals surface area contributed by atoms with Crippen molar-refractivity contribution >= 4 is 6.08 Å². The number of hydrogen-bond acceptors (Lipinski definition) is 0. The molecule has 0 aliphatic carbocycles. The van der Waals surface area contributed by atoms with E-state index in [0.29, 0.717) is 0 Å². The minimum absolute atomic E-state index is 1.06. The zero-order chi connectivity index (χ0) is 11.8. The van der Waals surface area contributed by atoms with Crippen LogP contribution in [-0.4, -0.2) is 13.6 Å². The van der Waals surface area contributed by atoms with E-state index in [1.54, 1.807) is 0 Å². The minimum atomic E-state index is 1.06. The Morgan fingerprint density at radius 2 is 1.67 bits per heavy atom. The van der Waals surface area contributed by atoms with Gasteiger partial charge >= 0.3 is 0 Å². The van der Waals surface area contributed by atoms with E-state index >= 15 is 0 Å². The third-order valence-corrected chi connectivity index (χ3v) is 2.28. The van der Waals surface area contributed by atoms with Crippen LogP contribution >= 0.6 is 0 Å². The van der Waals surface area contributed by atoms with Gasteiger partial charge in [-0.1, -0.05) is 39.8 Å². The topological polar surface area (TPSA) is 3.01 Å². The van der Waals surface area contributed by atoms with Crippen molar-refractivity contribution in [2.45, 2.75) is 34.6 Å². The molecule has 0 saturated carbocycles. The van der Waals surface area contributed by atoms with E-state index in [0.717, 1.165) is 6.54 Å². The second kappa shape index (κ2) is 7.22. The lowest BCUT2D eigenvalue weighted by Crippen LogP contribution is -2.32. The molecule has 0 saturated heterocycles. The Kier molecular flexibility index (Phi) is 6.68. The lowest BCUT2D eigenvalue weighted by atomic mass is 10.2. The van der Waals surface area contributed by atoms with Crippen molar-refractivity contribution < 1.29 is 0 Å². The summed E-state index contributed by atoms with van der Waals surface area (Å²) in [6.07, 6.45) is 2.28. The molecule has 0 atom stereocenters. The van der Waals surface area contributed by atoms with Crippen LogP contribution < -0.4 is 15.2 Å². The van der Waals surface area contributed by atoms with Crippen molar-refractivity contribution in [3.05, 3.63) is 34.3 Å². The summed E-state index contributed by atoms with van der Waals surface area (Å²) in [5.74, 6) is 0. The number of benzene rings is 1. The zero-order valence-electron chi connectivity index (χ0n) is 11.0. The molecule has 15 heavy (non-hydrogen) atoms. The van der Waals surface area contributed by atoms with Gasteiger partial charge in [0, 0.05) is 6.07 Å². The fourth-order valence-corrected chi connectivity index (χ4v) is 1.59. The first-order valence-electron chi connectivity index (χ1n) is 5.93. The lowest BCUT2D eigenvalue weighted by Gasteiger charge is -1.87. The van der Waals surface area contributed by atoms with Gasteiger partial charge in [0.15, 0.2) is 6.54 Å². The SMILES string of the molecule is CC.CC.Cc1cccc2c1=CC[N+]=2C. The average Bonchev–Trinajstić information content (AvgIpc) is 2.68. The second-order valence-electron chi connectivity index (χ2n) is 3.09. The Bertz CT molecular complexity index is 402. The van der Waals surface area contributed by atoms with Gasteiger partial charge in [0.25, 0.3) is 0 Å². The number of hydrogen-bond donors (Lipinski definition) is 0. The summed E-state index contributed by atoms with van der Waals surface area (Å²) in [7, 11) is 2.13. The summed E-state index contributed by atoms with van der Waals surface area (Å²) in [4.78, 5) is 0. The van der Waals surface area contributed by atoms with E-state index in [1.165, 1.54) is 16.1 Å². The largest absolute Gasteiger partial charge is 0.228 e. The predicted molar refractivity (Wildman–Crippen MR) is 69.6 cm³/mol. The van der Waals surface area contributed by atoms with Gasteiger partial charge in [0.1, 0.15) is 7.05 Å². The Morgan fingerprint density at radius 1 is 1.07 bits per heavy atom. The van der Waals surface area contributed by atoms with Crippen molar-refractivity contribution in [3.63, 3.8) is 0 Å². The number of rotatable bonds is 0. The highest BCUT2D eigenvalue weighted by Crippen LogP contribution is 1.86. The lowest BCUT2D eigenvalue weighted by molar-refractivity contribution is 0.778. The predicted octanol–water partition coefficient (Wildman–Crippen LogP) is 1.96. The Balaban J connectivity index is 0.000000442. The maximum Gasteiger partial charge on any atom is 0.207 e. The molecular formula is C14H24N+. The van der Waals surface area contributed by atoms with Crippen molar-refractivity contribution in [3.8, 4) is 0 Å². The molecule has 0 spiro atoms. The molecule has 0 amide bonds. The number of nitrogens with zero attached hydrogens (tertiary/aromatic N) is 1. The van der Waals surface area contributed by atoms with E-state index in [1.807, 2.05) is 27.7 Å². The minimum Gasteiger partial charge on any atom is -0.228 e. The molecule has 1 aromatic carbocycles. The van der Waals surface area contributed by atoms with Gasteiger partial charge in [-0.25, -0.2) is 4.58 Å². The molecule has 1 heteroatoms. The molecule has 1 nitrogen and oxygen atoms in total. The van der Waals surface area contributed by atoms with Gasteiger partial charge in [-0.05, 0) is 18.6 Å². The molecule has 1 aliphatic heterocycles. The second-order valence-corrected chi connectivity index (χ2v) is 3.09. The highest BCUT2D eigenvalue weighted by atomic mass is 15.0. The molecule has 84 valence electrons. The van der Waals surface area contributed by atoms with Crippen LogP contribution in [0.25, 0.3) is 6.08 Å². The normalized spacial score (nSPS) is 11.5. The van der Waals surface area contributed by atoms with Crippen molar-refractivity contribution in [1.29, 1.82) is 0 Å². The first kappa shape index (κ1) is 13.9. The average molecular weight is 206 g/mol. The van der Waals surface area contributed by atoms with E-state index in [2.05, 4.69) is 42.8 Å². The summed E-state index contributed by atoms with van der Waals surface area (Å²) < 4.78 is 2.27. The number of aryl methyl sites for hydroxylation is 1. The summed E-state index contributed by atoms with van der Waals surface area (Å²) in [6.45, 7) is 11.2. The molecule has 1 aromatic rings. The molecule has 0 fully saturated rings. The third kappa shape index (κ3) is 3.19. The third-order valence-electron chi connectivity index (χ3n) is 2.28. The summed E-state index contributed by atoms with van der Waals surface area (Å²) in [5, 5.41) is 2.78. The van der Waals surface area contributed by atoms with E-state index in [4.69, 9.17) is 0 Å². The van der Waals surface area contributed by atoms with Crippen LogP contribution in [0, 0.1) is 6.92 Å². The molecular weight excluding hydrogens is 182 g/mol. The van der Waals surface area contributed by atoms with Gasteiger partial charge in [0.05, 0.1) is 5.22 Å². The highest BCUT2D eigenvalue weighted by Gasteiger charge is 2.06. The molecule has 1 heterocycles. The van der Waals surface area contributed by atoms with Gasteiger partial charge in [-0.2, -0.15) is 0 Å². The van der Waals surface area contributed by atoms with Gasteiger partial charge in [-0.15, -0.1) is 0 Å². The van der Waals surface area contributed by atoms with Crippen LogP contribution in [0.15, 0.2) is 18.2 Å². The molecule has 0 bridgehead atoms. The van der Waals surface area contributed by atoms with Crippen LogP contribution in [0.3, 0.4) is 0 Å². The first-order chi connectivity index (χ1) is 7.29. The van der Waals surface area contributed by atoms with Crippen LogP contribution in [0.1, 0.15) is 33.3 Å². The fourth-order valence-electron chi connectivity index (χ4n) is 1.59. The molecule has 0 radical (unpaired) electrons. The monoisotopic (exact) mass is 206 g/mol. The van der Waals surface area contributed by atoms with Crippen LogP contribution in [-0.2, 0) is 0 Å². The Labute approximate surface area is 93.8 Å².